The van der Waals surface area contributed by atoms with Gasteiger partial charge in [0, 0.05) is 30.2 Å². The molecule has 1 amide bonds. The Morgan fingerprint density at radius 1 is 1.03 bits per heavy atom. The van der Waals surface area contributed by atoms with E-state index < -0.39 is 9.84 Å². The number of aromatic nitrogens is 1. The largest absolute Gasteiger partial charge is 0.341 e. The average Bonchev–Trinajstić information content (AvgIpc) is 3.15. The van der Waals surface area contributed by atoms with Gasteiger partial charge >= 0.3 is 0 Å². The topological polar surface area (TPSA) is 59.4 Å². The highest BCUT2D eigenvalue weighted by atomic mass is 32.2. The summed E-state index contributed by atoms with van der Waals surface area (Å²) in [5.41, 5.74) is 2.63. The third kappa shape index (κ3) is 4.69. The Morgan fingerprint density at radius 3 is 2.42 bits per heavy atom. The number of nitrogens with zero attached hydrogens (tertiary/aromatic N) is 2. The van der Waals surface area contributed by atoms with Crippen molar-refractivity contribution in [1.82, 2.24) is 9.47 Å². The molecule has 164 valence electrons. The van der Waals surface area contributed by atoms with Gasteiger partial charge in [-0.15, -0.1) is 0 Å². The Bertz CT molecular complexity index is 1170. The van der Waals surface area contributed by atoms with Crippen LogP contribution in [0.15, 0.2) is 59.6 Å². The van der Waals surface area contributed by atoms with Gasteiger partial charge in [-0.3, -0.25) is 4.79 Å². The molecule has 1 fully saturated rings. The van der Waals surface area contributed by atoms with E-state index in [1.165, 1.54) is 6.42 Å². The van der Waals surface area contributed by atoms with Gasteiger partial charge in [0.1, 0.15) is 6.54 Å². The molecular weight excluding hydrogens is 408 g/mol. The zero-order valence-corrected chi connectivity index (χ0v) is 19.1. The predicted octanol–water partition coefficient (Wildman–Crippen LogP) is 4.71. The fourth-order valence-electron chi connectivity index (χ4n) is 4.50. The van der Waals surface area contributed by atoms with Gasteiger partial charge in [-0.25, -0.2) is 8.42 Å². The highest BCUT2D eigenvalue weighted by molar-refractivity contribution is 7.90. The van der Waals surface area contributed by atoms with Crippen molar-refractivity contribution < 1.29 is 13.2 Å². The molecule has 0 bridgehead atoms. The minimum Gasteiger partial charge on any atom is -0.341 e. The molecule has 1 aliphatic carbocycles. The molecule has 0 N–H and O–H groups in total. The number of amides is 1. The van der Waals surface area contributed by atoms with Crippen LogP contribution < -0.4 is 0 Å². The molecule has 5 nitrogen and oxygen atoms in total. The van der Waals surface area contributed by atoms with E-state index in [0.717, 1.165) is 42.3 Å². The van der Waals surface area contributed by atoms with Gasteiger partial charge < -0.3 is 9.47 Å². The number of carbonyl (C=O) groups is 1. The van der Waals surface area contributed by atoms with Crippen molar-refractivity contribution in [3.05, 3.63) is 65.9 Å². The first-order valence-corrected chi connectivity index (χ1v) is 12.6. The summed E-state index contributed by atoms with van der Waals surface area (Å²) in [6, 6.07) is 15.3. The lowest BCUT2D eigenvalue weighted by Gasteiger charge is -2.31. The lowest BCUT2D eigenvalue weighted by molar-refractivity contribution is -0.133. The van der Waals surface area contributed by atoms with Gasteiger partial charge in [0.2, 0.25) is 5.91 Å². The van der Waals surface area contributed by atoms with Crippen molar-refractivity contribution >= 4 is 26.6 Å². The first-order chi connectivity index (χ1) is 14.8. The highest BCUT2D eigenvalue weighted by Gasteiger charge is 2.25. The summed E-state index contributed by atoms with van der Waals surface area (Å²) in [7, 11) is -1.68. The van der Waals surface area contributed by atoms with E-state index in [2.05, 4.69) is 0 Å². The van der Waals surface area contributed by atoms with Crippen molar-refractivity contribution in [3.63, 3.8) is 0 Å². The summed E-state index contributed by atoms with van der Waals surface area (Å²) < 4.78 is 28.3. The molecule has 1 heterocycles. The van der Waals surface area contributed by atoms with E-state index in [0.29, 0.717) is 5.39 Å². The number of likely N-dealkylation sites (N-methyl/N-ethyl adjacent to an activating group) is 1. The Morgan fingerprint density at radius 2 is 1.71 bits per heavy atom. The molecule has 3 aromatic rings. The number of aryl methyl sites for hydroxylation is 1. The van der Waals surface area contributed by atoms with Crippen molar-refractivity contribution in [2.24, 2.45) is 0 Å². The first kappa shape index (κ1) is 21.6. The van der Waals surface area contributed by atoms with Crippen LogP contribution in [0.1, 0.15) is 43.2 Å². The van der Waals surface area contributed by atoms with Crippen LogP contribution in [0.5, 0.6) is 0 Å². The number of hydrogen-bond donors (Lipinski definition) is 0. The molecule has 6 heteroatoms. The summed E-state index contributed by atoms with van der Waals surface area (Å²) >= 11 is 0. The van der Waals surface area contributed by atoms with E-state index in [-0.39, 0.29) is 29.1 Å². The van der Waals surface area contributed by atoms with Crippen molar-refractivity contribution in [3.8, 4) is 0 Å². The molecule has 31 heavy (non-hydrogen) atoms. The van der Waals surface area contributed by atoms with Crippen LogP contribution in [0.2, 0.25) is 0 Å². The van der Waals surface area contributed by atoms with Crippen molar-refractivity contribution in [1.29, 1.82) is 0 Å². The van der Waals surface area contributed by atoms with E-state index in [4.69, 9.17) is 0 Å². The zero-order valence-electron chi connectivity index (χ0n) is 18.3. The molecule has 0 unspecified atom stereocenters. The number of para-hydroxylation sites is 1. The molecule has 2 aromatic carbocycles. The van der Waals surface area contributed by atoms with E-state index in [9.17, 15) is 13.2 Å². The second-order valence-corrected chi connectivity index (χ2v) is 10.6. The number of benzene rings is 2. The molecule has 1 aliphatic rings. The first-order valence-electron chi connectivity index (χ1n) is 11.0. The van der Waals surface area contributed by atoms with Gasteiger partial charge in [-0.05, 0) is 31.4 Å². The van der Waals surface area contributed by atoms with Crippen LogP contribution in [0.3, 0.4) is 0 Å². The molecule has 4 rings (SSSR count). The monoisotopic (exact) mass is 438 g/mol. The lowest BCUT2D eigenvalue weighted by atomic mass is 9.94. The van der Waals surface area contributed by atoms with Gasteiger partial charge in [0.15, 0.2) is 9.84 Å². The van der Waals surface area contributed by atoms with E-state index >= 15 is 0 Å². The Kier molecular flexibility index (Phi) is 6.19. The number of carbonyl (C=O) groups excluding carboxylic acids is 1. The van der Waals surface area contributed by atoms with Gasteiger partial charge in [-0.2, -0.15) is 0 Å². The second kappa shape index (κ2) is 8.87. The summed E-state index contributed by atoms with van der Waals surface area (Å²) in [5, 5.41) is 0.669. The maximum atomic E-state index is 13.3. The van der Waals surface area contributed by atoms with Crippen LogP contribution >= 0.6 is 0 Å². The Balaban J connectivity index is 1.62. The maximum Gasteiger partial charge on any atom is 0.242 e. The summed E-state index contributed by atoms with van der Waals surface area (Å²) in [4.78, 5) is 15.1. The summed E-state index contributed by atoms with van der Waals surface area (Å²) in [6.07, 6.45) is 7.30. The number of sulfone groups is 1. The molecule has 1 aromatic heterocycles. The van der Waals surface area contributed by atoms with Crippen LogP contribution in [-0.4, -0.2) is 36.9 Å². The number of hydrogen-bond acceptors (Lipinski definition) is 3. The summed E-state index contributed by atoms with van der Waals surface area (Å²) in [6.45, 7) is 2.13. The maximum absolute atomic E-state index is 13.3. The standard InChI is InChI=1S/C25H30N2O3S/c1-19-12-14-20(15-13-19)18-31(29,30)24-16-27(23-11-7-6-10-22(23)24)17-25(28)26(2)21-8-4-3-5-9-21/h6-7,10-16,21H,3-5,8-9,17-18H2,1-2H3. The molecule has 1 saturated carbocycles. The fraction of sp³-hybridized carbons (Fsp3) is 0.400. The number of rotatable bonds is 6. The highest BCUT2D eigenvalue weighted by Crippen LogP contribution is 2.29. The lowest BCUT2D eigenvalue weighted by Crippen LogP contribution is -2.40. The van der Waals surface area contributed by atoms with Crippen LogP contribution in [0, 0.1) is 6.92 Å². The quantitative estimate of drug-likeness (QED) is 0.560. The Labute approximate surface area is 184 Å². The number of fused-ring (bicyclic) bond motifs is 1. The SMILES string of the molecule is Cc1ccc(CS(=O)(=O)c2cn(CC(=O)N(C)C3CCCCC3)c3ccccc23)cc1. The Hall–Kier alpha value is -2.60. The molecule has 0 aliphatic heterocycles. The molecule has 0 atom stereocenters. The van der Waals surface area contributed by atoms with Crippen LogP contribution in [-0.2, 0) is 26.9 Å². The van der Waals surface area contributed by atoms with Crippen LogP contribution in [0.25, 0.3) is 10.9 Å². The predicted molar refractivity (Wildman–Crippen MR) is 124 cm³/mol. The molecule has 0 radical (unpaired) electrons. The van der Waals surface area contributed by atoms with Crippen molar-refractivity contribution in [2.75, 3.05) is 7.05 Å². The third-order valence-electron chi connectivity index (χ3n) is 6.39. The zero-order chi connectivity index (χ0) is 22.0. The van der Waals surface area contributed by atoms with Gasteiger partial charge in [0.25, 0.3) is 0 Å². The molecule has 0 spiro atoms. The fourth-order valence-corrected chi connectivity index (χ4v) is 6.08. The van der Waals surface area contributed by atoms with Crippen LogP contribution in [0.4, 0.5) is 0 Å². The van der Waals surface area contributed by atoms with Gasteiger partial charge in [0.05, 0.1) is 10.6 Å². The van der Waals surface area contributed by atoms with E-state index in [1.54, 1.807) is 10.8 Å². The minimum atomic E-state index is -3.55. The van der Waals surface area contributed by atoms with Crippen molar-refractivity contribution in [2.45, 2.75) is 62.3 Å². The second-order valence-electron chi connectivity index (χ2n) is 8.68. The van der Waals surface area contributed by atoms with E-state index in [1.807, 2.05) is 67.4 Å². The average molecular weight is 439 g/mol. The van der Waals surface area contributed by atoms with Gasteiger partial charge in [-0.1, -0.05) is 67.3 Å². The third-order valence-corrected chi connectivity index (χ3v) is 8.09. The smallest absolute Gasteiger partial charge is 0.242 e. The molecular formula is C25H30N2O3S. The molecule has 0 saturated heterocycles. The normalized spacial score (nSPS) is 15.3. The minimum absolute atomic E-state index is 0.0233. The summed E-state index contributed by atoms with van der Waals surface area (Å²) in [5.74, 6) is -0.0350.